The van der Waals surface area contributed by atoms with Gasteiger partial charge in [0.2, 0.25) is 0 Å². The molecule has 0 fully saturated rings. The Morgan fingerprint density at radius 2 is 1.90 bits per heavy atom. The van der Waals surface area contributed by atoms with Crippen molar-refractivity contribution in [1.82, 2.24) is 0 Å². The summed E-state index contributed by atoms with van der Waals surface area (Å²) in [6.07, 6.45) is 0. The van der Waals surface area contributed by atoms with Gasteiger partial charge in [0.15, 0.2) is 0 Å². The van der Waals surface area contributed by atoms with Crippen molar-refractivity contribution < 1.29 is 9.13 Å². The first-order chi connectivity index (χ1) is 9.60. The normalized spacial score (nSPS) is 11.9. The van der Waals surface area contributed by atoms with Crippen LogP contribution in [-0.2, 0) is 0 Å². The zero-order chi connectivity index (χ0) is 14.5. The van der Waals surface area contributed by atoms with Gasteiger partial charge in [0.05, 0.1) is 12.3 Å². The van der Waals surface area contributed by atoms with E-state index in [-0.39, 0.29) is 11.9 Å². The van der Waals surface area contributed by atoms with Crippen molar-refractivity contribution in [2.24, 2.45) is 0 Å². The third-order valence-corrected chi connectivity index (χ3v) is 3.07. The number of ether oxygens (including phenoxy) is 1. The lowest BCUT2D eigenvalue weighted by atomic mass is 10.1. The van der Waals surface area contributed by atoms with Gasteiger partial charge in [-0.15, -0.1) is 0 Å². The number of nitrogens with two attached hydrogens (primary N) is 1. The lowest BCUT2D eigenvalue weighted by Crippen LogP contribution is -2.07. The summed E-state index contributed by atoms with van der Waals surface area (Å²) in [4.78, 5) is 0. The van der Waals surface area contributed by atoms with Gasteiger partial charge in [0.25, 0.3) is 0 Å². The van der Waals surface area contributed by atoms with Gasteiger partial charge >= 0.3 is 0 Å². The third kappa shape index (κ3) is 3.41. The van der Waals surface area contributed by atoms with Crippen molar-refractivity contribution in [1.29, 1.82) is 0 Å². The summed E-state index contributed by atoms with van der Waals surface area (Å²) < 4.78 is 18.4. The number of nitrogens with one attached hydrogen (secondary N) is 1. The molecule has 106 valence electrons. The molecule has 2 aromatic carbocycles. The highest BCUT2D eigenvalue weighted by Crippen LogP contribution is 2.28. The number of rotatable bonds is 5. The van der Waals surface area contributed by atoms with Gasteiger partial charge in [-0.05, 0) is 43.7 Å². The van der Waals surface area contributed by atoms with Gasteiger partial charge in [-0.3, -0.25) is 0 Å². The molecular formula is C16H19FN2O. The molecule has 0 amide bonds. The van der Waals surface area contributed by atoms with E-state index in [2.05, 4.69) is 5.32 Å². The summed E-state index contributed by atoms with van der Waals surface area (Å²) in [7, 11) is 0. The molecule has 0 aliphatic rings. The van der Waals surface area contributed by atoms with Crippen LogP contribution >= 0.6 is 0 Å². The smallest absolute Gasteiger partial charge is 0.144 e. The second-order valence-electron chi connectivity index (χ2n) is 4.60. The fourth-order valence-corrected chi connectivity index (χ4v) is 1.99. The first-order valence-electron chi connectivity index (χ1n) is 6.64. The fraction of sp³-hybridized carbons (Fsp3) is 0.250. The van der Waals surface area contributed by atoms with Crippen LogP contribution in [0.1, 0.15) is 25.5 Å². The second-order valence-corrected chi connectivity index (χ2v) is 4.60. The van der Waals surface area contributed by atoms with Crippen LogP contribution in [0.3, 0.4) is 0 Å². The van der Waals surface area contributed by atoms with Crippen molar-refractivity contribution in [3.63, 3.8) is 0 Å². The summed E-state index contributed by atoms with van der Waals surface area (Å²) in [6, 6.07) is 12.1. The number of benzene rings is 2. The number of hydrogen-bond acceptors (Lipinski definition) is 3. The van der Waals surface area contributed by atoms with E-state index >= 15 is 0 Å². The Labute approximate surface area is 118 Å². The Hall–Kier alpha value is -2.23. The molecule has 1 unspecified atom stereocenters. The van der Waals surface area contributed by atoms with Crippen molar-refractivity contribution in [2.45, 2.75) is 19.9 Å². The van der Waals surface area contributed by atoms with E-state index in [1.165, 1.54) is 12.1 Å². The van der Waals surface area contributed by atoms with E-state index in [0.717, 1.165) is 11.3 Å². The Morgan fingerprint density at radius 3 is 2.55 bits per heavy atom. The lowest BCUT2D eigenvalue weighted by molar-refractivity contribution is 0.342. The molecule has 0 saturated heterocycles. The number of nitrogen functional groups attached to an aromatic ring is 1. The van der Waals surface area contributed by atoms with Crippen LogP contribution in [0.15, 0.2) is 42.5 Å². The lowest BCUT2D eigenvalue weighted by Gasteiger charge is -2.17. The standard InChI is InChI=1S/C16H19FN2O/c1-3-20-16-10-14(8-9-15(16)18)19-11(2)12-4-6-13(17)7-5-12/h4-11,19H,3,18H2,1-2H3. The number of hydrogen-bond donors (Lipinski definition) is 2. The van der Waals surface area contributed by atoms with Crippen LogP contribution in [0, 0.1) is 5.82 Å². The molecule has 4 heteroatoms. The molecule has 0 aliphatic carbocycles. The minimum absolute atomic E-state index is 0.0636. The minimum Gasteiger partial charge on any atom is -0.492 e. The minimum atomic E-state index is -0.230. The Balaban J connectivity index is 2.13. The molecule has 3 N–H and O–H groups in total. The molecule has 2 rings (SSSR count). The van der Waals surface area contributed by atoms with Crippen LogP contribution in [0.4, 0.5) is 15.8 Å². The Bertz CT molecular complexity index is 569. The monoisotopic (exact) mass is 274 g/mol. The van der Waals surface area contributed by atoms with E-state index in [9.17, 15) is 4.39 Å². The molecule has 3 nitrogen and oxygen atoms in total. The summed E-state index contributed by atoms with van der Waals surface area (Å²) in [5.74, 6) is 0.441. The van der Waals surface area contributed by atoms with E-state index < -0.39 is 0 Å². The number of anilines is 2. The number of halogens is 1. The average Bonchev–Trinajstić information content (AvgIpc) is 2.43. The maximum atomic E-state index is 12.9. The molecule has 0 spiro atoms. The van der Waals surface area contributed by atoms with Crippen molar-refractivity contribution in [3.05, 3.63) is 53.8 Å². The van der Waals surface area contributed by atoms with Gasteiger partial charge in [-0.2, -0.15) is 0 Å². The van der Waals surface area contributed by atoms with E-state index in [1.807, 2.05) is 32.0 Å². The van der Waals surface area contributed by atoms with Crippen LogP contribution in [0.25, 0.3) is 0 Å². The maximum absolute atomic E-state index is 12.9. The largest absolute Gasteiger partial charge is 0.492 e. The summed E-state index contributed by atoms with van der Waals surface area (Å²) in [5.41, 5.74) is 8.39. The van der Waals surface area contributed by atoms with E-state index in [0.29, 0.717) is 18.0 Å². The topological polar surface area (TPSA) is 47.3 Å². The first kappa shape index (κ1) is 14.2. The predicted octanol–water partition coefficient (Wildman–Crippen LogP) is 3.98. The van der Waals surface area contributed by atoms with E-state index in [1.54, 1.807) is 12.1 Å². The van der Waals surface area contributed by atoms with Gasteiger partial charge in [-0.1, -0.05) is 12.1 Å². The van der Waals surface area contributed by atoms with Crippen LogP contribution in [-0.4, -0.2) is 6.61 Å². The molecule has 2 aromatic rings. The quantitative estimate of drug-likeness (QED) is 0.811. The van der Waals surface area contributed by atoms with Gasteiger partial charge in [0, 0.05) is 17.8 Å². The highest BCUT2D eigenvalue weighted by atomic mass is 19.1. The van der Waals surface area contributed by atoms with Gasteiger partial charge in [0.1, 0.15) is 11.6 Å². The SMILES string of the molecule is CCOc1cc(NC(C)c2ccc(F)cc2)ccc1N. The second kappa shape index (κ2) is 6.28. The molecule has 20 heavy (non-hydrogen) atoms. The molecular weight excluding hydrogens is 255 g/mol. The van der Waals surface area contributed by atoms with Crippen LogP contribution in [0.5, 0.6) is 5.75 Å². The summed E-state index contributed by atoms with van der Waals surface area (Å²) in [6.45, 7) is 4.51. The predicted molar refractivity (Wildman–Crippen MR) is 80.5 cm³/mol. The first-order valence-corrected chi connectivity index (χ1v) is 6.64. The fourth-order valence-electron chi connectivity index (χ4n) is 1.99. The zero-order valence-corrected chi connectivity index (χ0v) is 11.7. The van der Waals surface area contributed by atoms with Crippen molar-refractivity contribution >= 4 is 11.4 Å². The molecule has 0 saturated carbocycles. The zero-order valence-electron chi connectivity index (χ0n) is 11.7. The Kier molecular flexibility index (Phi) is 4.45. The summed E-state index contributed by atoms with van der Waals surface area (Å²) >= 11 is 0. The third-order valence-electron chi connectivity index (χ3n) is 3.07. The molecule has 0 aromatic heterocycles. The Morgan fingerprint density at radius 1 is 1.20 bits per heavy atom. The molecule has 0 heterocycles. The molecule has 0 bridgehead atoms. The highest BCUT2D eigenvalue weighted by Gasteiger charge is 2.07. The van der Waals surface area contributed by atoms with Crippen molar-refractivity contribution in [2.75, 3.05) is 17.7 Å². The van der Waals surface area contributed by atoms with Gasteiger partial charge < -0.3 is 15.8 Å². The maximum Gasteiger partial charge on any atom is 0.144 e. The highest BCUT2D eigenvalue weighted by molar-refractivity contribution is 5.61. The summed E-state index contributed by atoms with van der Waals surface area (Å²) in [5, 5.41) is 3.35. The van der Waals surface area contributed by atoms with Gasteiger partial charge in [-0.25, -0.2) is 4.39 Å². The van der Waals surface area contributed by atoms with Crippen LogP contribution < -0.4 is 15.8 Å². The van der Waals surface area contributed by atoms with Crippen LogP contribution in [0.2, 0.25) is 0 Å². The van der Waals surface area contributed by atoms with E-state index in [4.69, 9.17) is 10.5 Å². The molecule has 0 radical (unpaired) electrons. The average molecular weight is 274 g/mol. The van der Waals surface area contributed by atoms with Crippen molar-refractivity contribution in [3.8, 4) is 5.75 Å². The molecule has 0 aliphatic heterocycles. The molecule has 1 atom stereocenters.